The fourth-order valence-corrected chi connectivity index (χ4v) is 4.18. The first kappa shape index (κ1) is 19.1. The van der Waals surface area contributed by atoms with Crippen LogP contribution in [0.15, 0.2) is 0 Å². The first-order valence-electron chi connectivity index (χ1n) is 9.73. The number of carbonyl (C=O) groups excluding carboxylic acids is 3. The molecule has 3 atom stereocenters. The molecule has 3 aliphatic rings. The van der Waals surface area contributed by atoms with Crippen LogP contribution in [-0.2, 0) is 14.4 Å². The van der Waals surface area contributed by atoms with Crippen LogP contribution in [0.2, 0.25) is 0 Å². The molecule has 0 radical (unpaired) electrons. The molecule has 3 rings (SSSR count). The number of nitrogens with one attached hydrogen (secondary N) is 2. The molecule has 7 nitrogen and oxygen atoms in total. The minimum Gasteiger partial charge on any atom is -0.354 e. The second-order valence-corrected chi connectivity index (χ2v) is 9.30. The van der Waals surface area contributed by atoms with Crippen molar-refractivity contribution in [3.05, 3.63) is 0 Å². The van der Waals surface area contributed by atoms with Gasteiger partial charge in [0.1, 0.15) is 6.04 Å². The highest BCUT2D eigenvalue weighted by molar-refractivity contribution is 5.86. The predicted octanol–water partition coefficient (Wildman–Crippen LogP) is 0.349. The summed E-state index contributed by atoms with van der Waals surface area (Å²) in [4.78, 5) is 40.7. The van der Waals surface area contributed by atoms with Crippen molar-refractivity contribution in [2.24, 2.45) is 11.3 Å². The van der Waals surface area contributed by atoms with E-state index >= 15 is 0 Å². The van der Waals surface area contributed by atoms with E-state index in [4.69, 9.17) is 0 Å². The van der Waals surface area contributed by atoms with Crippen LogP contribution in [0.4, 0.5) is 0 Å². The number of fused-ring (bicyclic) bond motifs is 1. The van der Waals surface area contributed by atoms with Crippen molar-refractivity contribution in [2.45, 2.75) is 65.1 Å². The minimum atomic E-state index is -0.316. The van der Waals surface area contributed by atoms with E-state index in [0.29, 0.717) is 13.1 Å². The van der Waals surface area contributed by atoms with Gasteiger partial charge in [0.2, 0.25) is 17.7 Å². The van der Waals surface area contributed by atoms with E-state index in [1.807, 2.05) is 4.90 Å². The highest BCUT2D eigenvalue weighted by Gasteiger charge is 2.46. The van der Waals surface area contributed by atoms with Gasteiger partial charge >= 0.3 is 0 Å². The number of hydrogen-bond donors (Lipinski definition) is 2. The number of hydrogen-bond acceptors (Lipinski definition) is 4. The van der Waals surface area contributed by atoms with Gasteiger partial charge < -0.3 is 15.5 Å². The van der Waals surface area contributed by atoms with Gasteiger partial charge in [-0.05, 0) is 24.7 Å². The van der Waals surface area contributed by atoms with E-state index < -0.39 is 0 Å². The van der Waals surface area contributed by atoms with Crippen molar-refractivity contribution in [3.8, 4) is 0 Å². The van der Waals surface area contributed by atoms with E-state index in [1.54, 1.807) is 0 Å². The molecular weight excluding hydrogens is 332 g/mol. The van der Waals surface area contributed by atoms with Crippen LogP contribution in [-0.4, -0.2) is 71.8 Å². The third kappa shape index (κ3) is 4.55. The molecule has 0 unspecified atom stereocenters. The Labute approximate surface area is 155 Å². The Balaban J connectivity index is 1.70. The average molecular weight is 364 g/mol. The molecule has 2 heterocycles. The second-order valence-electron chi connectivity index (χ2n) is 9.30. The zero-order valence-electron chi connectivity index (χ0n) is 16.4. The van der Waals surface area contributed by atoms with Gasteiger partial charge in [-0.1, -0.05) is 20.8 Å². The fourth-order valence-electron chi connectivity index (χ4n) is 4.18. The molecule has 2 N–H and O–H groups in total. The first-order valence-corrected chi connectivity index (χ1v) is 9.73. The van der Waals surface area contributed by atoms with Crippen molar-refractivity contribution in [3.63, 3.8) is 0 Å². The first-order chi connectivity index (χ1) is 12.1. The van der Waals surface area contributed by atoms with Crippen molar-refractivity contribution >= 4 is 17.7 Å². The molecule has 2 saturated heterocycles. The third-order valence-electron chi connectivity index (χ3n) is 5.37. The van der Waals surface area contributed by atoms with Crippen LogP contribution < -0.4 is 10.6 Å². The number of rotatable bonds is 5. The van der Waals surface area contributed by atoms with Crippen LogP contribution in [0, 0.1) is 11.3 Å². The van der Waals surface area contributed by atoms with E-state index in [9.17, 15) is 14.4 Å². The summed E-state index contributed by atoms with van der Waals surface area (Å²) < 4.78 is 0. The lowest BCUT2D eigenvalue weighted by Crippen LogP contribution is -2.63. The number of piperazine rings is 1. The SMILES string of the molecule is CC(=O)N[C@H]1C[C@H]2CN(CC(C)(C)C)[C@@H](CNC(=O)C3CC3)C(=O)N2C1. The Morgan fingerprint density at radius 1 is 1.19 bits per heavy atom. The molecule has 0 spiro atoms. The lowest BCUT2D eigenvalue weighted by Gasteiger charge is -2.45. The van der Waals surface area contributed by atoms with Crippen molar-refractivity contribution in [1.82, 2.24) is 20.4 Å². The predicted molar refractivity (Wildman–Crippen MR) is 98.3 cm³/mol. The number of nitrogens with zero attached hydrogens (tertiary/aromatic N) is 2. The lowest BCUT2D eigenvalue weighted by atomic mass is 9.93. The van der Waals surface area contributed by atoms with Gasteiger partial charge in [-0.15, -0.1) is 0 Å². The summed E-state index contributed by atoms with van der Waals surface area (Å²) in [5.74, 6) is 0.248. The van der Waals surface area contributed by atoms with Crippen LogP contribution in [0.5, 0.6) is 0 Å². The van der Waals surface area contributed by atoms with Gasteiger partial charge in [-0.3, -0.25) is 19.3 Å². The van der Waals surface area contributed by atoms with E-state index in [1.165, 1.54) is 6.92 Å². The summed E-state index contributed by atoms with van der Waals surface area (Å²) in [7, 11) is 0. The molecular formula is C19H32N4O3. The third-order valence-corrected chi connectivity index (χ3v) is 5.37. The van der Waals surface area contributed by atoms with Crippen LogP contribution in [0.1, 0.15) is 47.0 Å². The molecule has 3 amide bonds. The Morgan fingerprint density at radius 3 is 2.46 bits per heavy atom. The molecule has 26 heavy (non-hydrogen) atoms. The maximum absolute atomic E-state index is 13.2. The minimum absolute atomic E-state index is 0.0257. The van der Waals surface area contributed by atoms with E-state index in [0.717, 1.165) is 32.4 Å². The maximum atomic E-state index is 13.2. The van der Waals surface area contributed by atoms with Gasteiger partial charge in [-0.2, -0.15) is 0 Å². The molecule has 0 aromatic rings. The molecule has 3 fully saturated rings. The van der Waals surface area contributed by atoms with Crippen molar-refractivity contribution in [2.75, 3.05) is 26.2 Å². The average Bonchev–Trinajstić information content (AvgIpc) is 3.27. The zero-order valence-corrected chi connectivity index (χ0v) is 16.4. The quantitative estimate of drug-likeness (QED) is 0.738. The summed E-state index contributed by atoms with van der Waals surface area (Å²) >= 11 is 0. The normalized spacial score (nSPS) is 29.5. The number of amides is 3. The van der Waals surface area contributed by atoms with E-state index in [2.05, 4.69) is 36.3 Å². The molecule has 0 aromatic heterocycles. The second kappa shape index (κ2) is 7.18. The highest BCUT2D eigenvalue weighted by Crippen LogP contribution is 2.30. The topological polar surface area (TPSA) is 81.8 Å². The van der Waals surface area contributed by atoms with Gasteiger partial charge in [-0.25, -0.2) is 0 Å². The smallest absolute Gasteiger partial charge is 0.242 e. The largest absolute Gasteiger partial charge is 0.354 e. The lowest BCUT2D eigenvalue weighted by molar-refractivity contribution is -0.144. The maximum Gasteiger partial charge on any atom is 0.242 e. The molecule has 1 aliphatic carbocycles. The van der Waals surface area contributed by atoms with Crippen molar-refractivity contribution in [1.29, 1.82) is 0 Å². The molecule has 0 aromatic carbocycles. The van der Waals surface area contributed by atoms with Gasteiger partial charge in [0.25, 0.3) is 0 Å². The fraction of sp³-hybridized carbons (Fsp3) is 0.842. The van der Waals surface area contributed by atoms with Crippen LogP contribution >= 0.6 is 0 Å². The molecule has 2 aliphatic heterocycles. The highest BCUT2D eigenvalue weighted by atomic mass is 16.2. The van der Waals surface area contributed by atoms with E-state index in [-0.39, 0.29) is 47.2 Å². The zero-order chi connectivity index (χ0) is 19.1. The Bertz CT molecular complexity index is 582. The molecule has 146 valence electrons. The Hall–Kier alpha value is -1.63. The summed E-state index contributed by atoms with van der Waals surface area (Å²) in [5, 5.41) is 5.93. The molecule has 1 saturated carbocycles. The van der Waals surface area contributed by atoms with Gasteiger partial charge in [0.15, 0.2) is 0 Å². The van der Waals surface area contributed by atoms with Crippen LogP contribution in [0.3, 0.4) is 0 Å². The molecule has 0 bridgehead atoms. The van der Waals surface area contributed by atoms with Crippen molar-refractivity contribution < 1.29 is 14.4 Å². The monoisotopic (exact) mass is 364 g/mol. The molecule has 7 heteroatoms. The van der Waals surface area contributed by atoms with Crippen LogP contribution in [0.25, 0.3) is 0 Å². The summed E-state index contributed by atoms with van der Waals surface area (Å²) in [5.41, 5.74) is 0.0663. The summed E-state index contributed by atoms with van der Waals surface area (Å²) in [6.45, 7) is 10.6. The van der Waals surface area contributed by atoms with Gasteiger partial charge in [0.05, 0.1) is 0 Å². The summed E-state index contributed by atoms with van der Waals surface area (Å²) in [6, 6.07) is -0.154. The van der Waals surface area contributed by atoms with Gasteiger partial charge in [0, 0.05) is 51.1 Å². The Kier molecular flexibility index (Phi) is 5.28. The summed E-state index contributed by atoms with van der Waals surface area (Å²) in [6.07, 6.45) is 2.72. The number of carbonyl (C=O) groups is 3. The Morgan fingerprint density at radius 2 is 1.88 bits per heavy atom. The standard InChI is InChI=1S/C19H32N4O3/c1-12(24)21-14-7-15-10-22(11-19(2,3)4)16(18(26)23(15)9-14)8-20-17(25)13-5-6-13/h13-16H,5-11H2,1-4H3,(H,20,25)(H,21,24)/t14-,15-,16-/m0/s1.